The molecule has 0 saturated carbocycles. The molecule has 2 heterocycles. The van der Waals surface area contributed by atoms with Gasteiger partial charge in [0.05, 0.1) is 7.11 Å². The largest absolute Gasteiger partial charge is 0.497 e. The molecule has 0 N–H and O–H groups in total. The molecule has 3 aromatic rings. The Labute approximate surface area is 163 Å². The van der Waals surface area contributed by atoms with E-state index in [-0.39, 0.29) is 11.8 Å². The van der Waals surface area contributed by atoms with Crippen molar-refractivity contribution in [3.8, 4) is 17.2 Å². The van der Waals surface area contributed by atoms with Gasteiger partial charge in [0.25, 0.3) is 5.89 Å². The van der Waals surface area contributed by atoms with Crippen LogP contribution in [0.4, 0.5) is 11.4 Å². The highest BCUT2D eigenvalue weighted by Crippen LogP contribution is 2.32. The second-order valence-electron chi connectivity index (χ2n) is 7.00. The number of carbonyl (C=O) groups excluding carboxylic acids is 1. The monoisotopic (exact) mass is 378 g/mol. The summed E-state index contributed by atoms with van der Waals surface area (Å²) in [4.78, 5) is 20.8. The maximum Gasteiger partial charge on any atom is 0.257 e. The number of nitrogens with zero attached hydrogens (tertiary/aromatic N) is 4. The zero-order valence-electron chi connectivity index (χ0n) is 16.1. The lowest BCUT2D eigenvalue weighted by Gasteiger charge is -2.16. The van der Waals surface area contributed by atoms with Gasteiger partial charge in [-0.1, -0.05) is 5.16 Å². The van der Waals surface area contributed by atoms with E-state index in [1.54, 1.807) is 12.0 Å². The van der Waals surface area contributed by atoms with E-state index >= 15 is 0 Å². The molecule has 0 spiro atoms. The number of hydrogen-bond acceptors (Lipinski definition) is 6. The topological polar surface area (TPSA) is 71.7 Å². The highest BCUT2D eigenvalue weighted by Gasteiger charge is 2.34. The maximum atomic E-state index is 12.5. The van der Waals surface area contributed by atoms with Crippen LogP contribution in [0.3, 0.4) is 0 Å². The first-order chi connectivity index (χ1) is 13.5. The molecular formula is C21H22N4O3. The summed E-state index contributed by atoms with van der Waals surface area (Å²) in [7, 11) is 5.60. The number of benzene rings is 2. The lowest BCUT2D eigenvalue weighted by Crippen LogP contribution is -2.24. The number of methoxy groups -OCH3 is 1. The smallest absolute Gasteiger partial charge is 0.257 e. The Hall–Kier alpha value is -3.35. The van der Waals surface area contributed by atoms with Crippen LogP contribution >= 0.6 is 0 Å². The summed E-state index contributed by atoms with van der Waals surface area (Å²) in [6.07, 6.45) is 0.366. The van der Waals surface area contributed by atoms with Crippen LogP contribution in [0.25, 0.3) is 11.5 Å². The quantitative estimate of drug-likeness (QED) is 0.678. The summed E-state index contributed by atoms with van der Waals surface area (Å²) in [5.74, 6) is 1.76. The zero-order chi connectivity index (χ0) is 19.7. The molecule has 1 atom stereocenters. The predicted molar refractivity (Wildman–Crippen MR) is 107 cm³/mol. The third kappa shape index (κ3) is 3.43. The van der Waals surface area contributed by atoms with Gasteiger partial charge >= 0.3 is 0 Å². The standard InChI is InChI=1S/C21H22N4O3/c1-24(2)16-6-4-14(5-7-16)21-22-20(23-28-21)15-12-19(26)25(13-15)17-8-10-18(27-3)11-9-17/h4-11,15H,12-13H2,1-3H3. The van der Waals surface area contributed by atoms with Crippen LogP contribution < -0.4 is 14.5 Å². The van der Waals surface area contributed by atoms with E-state index in [1.807, 2.05) is 67.5 Å². The van der Waals surface area contributed by atoms with E-state index in [0.29, 0.717) is 24.7 Å². The van der Waals surface area contributed by atoms with Crippen LogP contribution in [-0.4, -0.2) is 43.8 Å². The second kappa shape index (κ2) is 7.34. The van der Waals surface area contributed by atoms with Crippen LogP contribution in [-0.2, 0) is 4.79 Å². The second-order valence-corrected chi connectivity index (χ2v) is 7.00. The van der Waals surface area contributed by atoms with Crippen molar-refractivity contribution >= 4 is 17.3 Å². The lowest BCUT2D eigenvalue weighted by molar-refractivity contribution is -0.117. The van der Waals surface area contributed by atoms with Crippen LogP contribution in [0.2, 0.25) is 0 Å². The molecule has 1 aromatic heterocycles. The van der Waals surface area contributed by atoms with Gasteiger partial charge in [0.2, 0.25) is 5.91 Å². The van der Waals surface area contributed by atoms with Crippen molar-refractivity contribution in [1.29, 1.82) is 0 Å². The van der Waals surface area contributed by atoms with Gasteiger partial charge in [0.15, 0.2) is 5.82 Å². The molecule has 1 saturated heterocycles. The molecule has 0 bridgehead atoms. The molecule has 1 unspecified atom stereocenters. The number of carbonyl (C=O) groups is 1. The summed E-state index contributed by atoms with van der Waals surface area (Å²) in [5, 5.41) is 4.13. The number of hydrogen-bond donors (Lipinski definition) is 0. The van der Waals surface area contributed by atoms with Gasteiger partial charge in [-0.15, -0.1) is 0 Å². The Balaban J connectivity index is 1.50. The van der Waals surface area contributed by atoms with Crippen LogP contribution in [0.15, 0.2) is 53.1 Å². The molecule has 7 heteroatoms. The van der Waals surface area contributed by atoms with Gasteiger partial charge in [0.1, 0.15) is 5.75 Å². The highest BCUT2D eigenvalue weighted by atomic mass is 16.5. The van der Waals surface area contributed by atoms with Crippen LogP contribution in [0, 0.1) is 0 Å². The number of ether oxygens (including phenoxy) is 1. The maximum absolute atomic E-state index is 12.5. The summed E-state index contributed by atoms with van der Waals surface area (Å²) < 4.78 is 10.6. The fourth-order valence-electron chi connectivity index (χ4n) is 3.31. The van der Waals surface area contributed by atoms with Gasteiger partial charge in [-0.2, -0.15) is 4.98 Å². The van der Waals surface area contributed by atoms with Crippen molar-refractivity contribution in [1.82, 2.24) is 10.1 Å². The van der Waals surface area contributed by atoms with Crippen molar-refractivity contribution in [2.75, 3.05) is 37.5 Å². The van der Waals surface area contributed by atoms with Crippen molar-refractivity contribution < 1.29 is 14.1 Å². The number of amides is 1. The Morgan fingerprint density at radius 3 is 2.46 bits per heavy atom. The van der Waals surface area contributed by atoms with E-state index in [4.69, 9.17) is 9.26 Å². The van der Waals surface area contributed by atoms with Gasteiger partial charge in [-0.25, -0.2) is 0 Å². The van der Waals surface area contributed by atoms with E-state index in [0.717, 1.165) is 22.7 Å². The Kier molecular flexibility index (Phi) is 4.73. The first-order valence-corrected chi connectivity index (χ1v) is 9.11. The molecule has 1 amide bonds. The third-order valence-electron chi connectivity index (χ3n) is 4.95. The van der Waals surface area contributed by atoms with E-state index < -0.39 is 0 Å². The fraction of sp³-hybridized carbons (Fsp3) is 0.286. The predicted octanol–water partition coefficient (Wildman–Crippen LogP) is 3.33. The highest BCUT2D eigenvalue weighted by molar-refractivity contribution is 5.96. The molecular weight excluding hydrogens is 356 g/mol. The molecule has 1 aliphatic heterocycles. The summed E-state index contributed by atoms with van der Waals surface area (Å²) in [6.45, 7) is 0.531. The van der Waals surface area contributed by atoms with E-state index in [2.05, 4.69) is 10.1 Å². The van der Waals surface area contributed by atoms with Crippen molar-refractivity contribution in [2.24, 2.45) is 0 Å². The molecule has 2 aromatic carbocycles. The minimum atomic E-state index is -0.0897. The average molecular weight is 378 g/mol. The van der Waals surface area contributed by atoms with Gasteiger partial charge in [-0.3, -0.25) is 4.79 Å². The average Bonchev–Trinajstić information content (AvgIpc) is 3.35. The molecule has 0 aliphatic carbocycles. The van der Waals surface area contributed by atoms with E-state index in [1.165, 1.54) is 0 Å². The summed E-state index contributed by atoms with van der Waals surface area (Å²) in [6, 6.07) is 15.4. The van der Waals surface area contributed by atoms with Crippen molar-refractivity contribution in [3.05, 3.63) is 54.4 Å². The SMILES string of the molecule is COc1ccc(N2CC(c3noc(-c4ccc(N(C)C)cc4)n3)CC2=O)cc1. The Morgan fingerprint density at radius 2 is 1.82 bits per heavy atom. The summed E-state index contributed by atoms with van der Waals surface area (Å²) in [5.41, 5.74) is 2.80. The first kappa shape index (κ1) is 18.0. The number of aromatic nitrogens is 2. The lowest BCUT2D eigenvalue weighted by atomic mass is 10.1. The molecule has 1 fully saturated rings. The molecule has 7 nitrogen and oxygen atoms in total. The fourth-order valence-corrected chi connectivity index (χ4v) is 3.31. The normalized spacial score (nSPS) is 16.5. The van der Waals surface area contributed by atoms with Crippen LogP contribution in [0.1, 0.15) is 18.2 Å². The van der Waals surface area contributed by atoms with Gasteiger partial charge in [0, 0.05) is 49.9 Å². The number of anilines is 2. The molecule has 28 heavy (non-hydrogen) atoms. The zero-order valence-corrected chi connectivity index (χ0v) is 16.1. The molecule has 4 rings (SSSR count). The van der Waals surface area contributed by atoms with Crippen molar-refractivity contribution in [3.63, 3.8) is 0 Å². The van der Waals surface area contributed by atoms with E-state index in [9.17, 15) is 4.79 Å². The molecule has 0 radical (unpaired) electrons. The minimum absolute atomic E-state index is 0.0526. The van der Waals surface area contributed by atoms with Gasteiger partial charge in [-0.05, 0) is 48.5 Å². The number of rotatable bonds is 5. The summed E-state index contributed by atoms with van der Waals surface area (Å²) >= 11 is 0. The molecule has 1 aliphatic rings. The van der Waals surface area contributed by atoms with Crippen molar-refractivity contribution in [2.45, 2.75) is 12.3 Å². The van der Waals surface area contributed by atoms with Gasteiger partial charge < -0.3 is 19.1 Å². The minimum Gasteiger partial charge on any atom is -0.497 e. The third-order valence-corrected chi connectivity index (χ3v) is 4.95. The van der Waals surface area contributed by atoms with Crippen LogP contribution in [0.5, 0.6) is 5.75 Å². The Bertz CT molecular complexity index is 964. The Morgan fingerprint density at radius 1 is 1.11 bits per heavy atom. The first-order valence-electron chi connectivity index (χ1n) is 9.11. The molecule has 144 valence electrons.